The van der Waals surface area contributed by atoms with Crippen molar-refractivity contribution < 1.29 is 19.1 Å². The zero-order chi connectivity index (χ0) is 18.8. The van der Waals surface area contributed by atoms with E-state index in [9.17, 15) is 9.90 Å². The Kier molecular flexibility index (Phi) is 4.69. The number of aliphatic hydroxyl groups excluding tert-OH is 1. The van der Waals surface area contributed by atoms with E-state index in [1.54, 1.807) is 11.0 Å². The van der Waals surface area contributed by atoms with Crippen molar-refractivity contribution >= 4 is 5.91 Å². The van der Waals surface area contributed by atoms with Gasteiger partial charge in [0.05, 0.1) is 24.5 Å². The Morgan fingerprint density at radius 2 is 1.96 bits per heavy atom. The highest BCUT2D eigenvalue weighted by Gasteiger charge is 2.29. The van der Waals surface area contributed by atoms with Crippen molar-refractivity contribution in [2.45, 2.75) is 26.2 Å². The monoisotopic (exact) mass is 363 g/mol. The predicted octanol–water partition coefficient (Wildman–Crippen LogP) is 3.86. The van der Waals surface area contributed by atoms with Crippen LogP contribution in [0.2, 0.25) is 0 Å². The summed E-state index contributed by atoms with van der Waals surface area (Å²) in [4.78, 5) is 14.6. The fourth-order valence-corrected chi connectivity index (χ4v) is 3.33. The molecule has 0 saturated carbocycles. The Morgan fingerprint density at radius 1 is 1.19 bits per heavy atom. The summed E-state index contributed by atoms with van der Waals surface area (Å²) in [5, 5.41) is 10.4. The van der Waals surface area contributed by atoms with Crippen LogP contribution in [0.3, 0.4) is 0 Å². The topological polar surface area (TPSA) is 62.9 Å². The second-order valence-electron chi connectivity index (χ2n) is 6.76. The standard InChI is InChI=1S/C22H21NO4/c1-15-6-8-17(9-7-15)27-14-21-19(10-11-26-21)22(25)23-12-16-4-2-3-5-18(16)20(24)13-23/h2-11,20,24H,12-14H2,1H3/t20-/m1/s1. The molecule has 1 aliphatic heterocycles. The van der Waals surface area contributed by atoms with Crippen LogP contribution in [0.15, 0.2) is 65.3 Å². The summed E-state index contributed by atoms with van der Waals surface area (Å²) in [6.45, 7) is 2.91. The van der Waals surface area contributed by atoms with Gasteiger partial charge in [-0.1, -0.05) is 42.0 Å². The van der Waals surface area contributed by atoms with Crippen LogP contribution >= 0.6 is 0 Å². The van der Waals surface area contributed by atoms with Gasteiger partial charge >= 0.3 is 0 Å². The van der Waals surface area contributed by atoms with Gasteiger partial charge in [0.1, 0.15) is 12.4 Å². The summed E-state index contributed by atoms with van der Waals surface area (Å²) >= 11 is 0. The van der Waals surface area contributed by atoms with E-state index in [1.165, 1.54) is 6.26 Å². The molecule has 2 aromatic carbocycles. The number of ether oxygens (including phenoxy) is 1. The van der Waals surface area contributed by atoms with E-state index in [0.717, 1.165) is 22.4 Å². The zero-order valence-electron chi connectivity index (χ0n) is 15.1. The van der Waals surface area contributed by atoms with Crippen LogP contribution in [0, 0.1) is 6.92 Å². The van der Waals surface area contributed by atoms with E-state index in [-0.39, 0.29) is 19.1 Å². The van der Waals surface area contributed by atoms with Crippen LogP contribution in [0.5, 0.6) is 5.75 Å². The van der Waals surface area contributed by atoms with Crippen LogP contribution < -0.4 is 4.74 Å². The summed E-state index contributed by atoms with van der Waals surface area (Å²) in [6.07, 6.45) is 0.813. The molecule has 2 heterocycles. The number of carbonyl (C=O) groups is 1. The number of fused-ring (bicyclic) bond motifs is 1. The molecule has 0 aliphatic carbocycles. The lowest BCUT2D eigenvalue weighted by Gasteiger charge is -2.32. The number of aliphatic hydroxyl groups is 1. The van der Waals surface area contributed by atoms with Crippen LogP contribution in [-0.2, 0) is 13.2 Å². The maximum Gasteiger partial charge on any atom is 0.257 e. The minimum atomic E-state index is -0.682. The van der Waals surface area contributed by atoms with E-state index in [0.29, 0.717) is 17.9 Å². The van der Waals surface area contributed by atoms with Crippen LogP contribution in [0.4, 0.5) is 0 Å². The number of β-amino-alcohol motifs (C(OH)–C–C–N with tert-alkyl or cyclic N) is 1. The Bertz CT molecular complexity index is 945. The number of hydrogen-bond acceptors (Lipinski definition) is 4. The Balaban J connectivity index is 1.49. The number of amides is 1. The molecular formula is C22H21NO4. The third-order valence-corrected chi connectivity index (χ3v) is 4.82. The van der Waals surface area contributed by atoms with Gasteiger partial charge in [0.2, 0.25) is 0 Å². The largest absolute Gasteiger partial charge is 0.486 e. The highest BCUT2D eigenvalue weighted by Crippen LogP contribution is 2.28. The molecule has 1 aliphatic rings. The molecular weight excluding hydrogens is 342 g/mol. The summed E-state index contributed by atoms with van der Waals surface area (Å²) in [6, 6.07) is 17.0. The Labute approximate surface area is 157 Å². The van der Waals surface area contributed by atoms with Crippen LogP contribution in [0.1, 0.15) is 38.9 Å². The quantitative estimate of drug-likeness (QED) is 0.765. The lowest BCUT2D eigenvalue weighted by molar-refractivity contribution is 0.0546. The summed E-state index contributed by atoms with van der Waals surface area (Å²) in [7, 11) is 0. The number of rotatable bonds is 4. The first kappa shape index (κ1) is 17.4. The highest BCUT2D eigenvalue weighted by molar-refractivity contribution is 5.95. The molecule has 5 heteroatoms. The lowest BCUT2D eigenvalue weighted by atomic mass is 9.97. The molecule has 0 bridgehead atoms. The first-order chi connectivity index (χ1) is 13.1. The SMILES string of the molecule is Cc1ccc(OCc2occc2C(=O)N2Cc3ccccc3[C@H](O)C2)cc1. The number of benzene rings is 2. The molecule has 5 nitrogen and oxygen atoms in total. The van der Waals surface area contributed by atoms with E-state index in [2.05, 4.69) is 0 Å². The van der Waals surface area contributed by atoms with Gasteiger partial charge in [0.15, 0.2) is 5.76 Å². The highest BCUT2D eigenvalue weighted by atomic mass is 16.5. The first-order valence-electron chi connectivity index (χ1n) is 8.93. The Hall–Kier alpha value is -3.05. The maximum atomic E-state index is 13.0. The van der Waals surface area contributed by atoms with Gasteiger partial charge in [-0.25, -0.2) is 0 Å². The number of aryl methyl sites for hydroxylation is 1. The maximum absolute atomic E-state index is 13.0. The number of nitrogens with zero attached hydrogens (tertiary/aromatic N) is 1. The van der Waals surface area contributed by atoms with Gasteiger partial charge in [0.25, 0.3) is 5.91 Å². The predicted molar refractivity (Wildman–Crippen MR) is 100 cm³/mol. The molecule has 1 atom stereocenters. The third-order valence-electron chi connectivity index (χ3n) is 4.82. The Morgan fingerprint density at radius 3 is 2.78 bits per heavy atom. The molecule has 0 radical (unpaired) electrons. The van der Waals surface area contributed by atoms with Gasteiger partial charge in [-0.3, -0.25) is 4.79 Å². The molecule has 0 spiro atoms. The average molecular weight is 363 g/mol. The smallest absolute Gasteiger partial charge is 0.257 e. The number of carbonyl (C=O) groups excluding carboxylic acids is 1. The van der Waals surface area contributed by atoms with Crippen molar-refractivity contribution in [3.63, 3.8) is 0 Å². The minimum Gasteiger partial charge on any atom is -0.486 e. The van der Waals surface area contributed by atoms with Gasteiger partial charge in [-0.2, -0.15) is 0 Å². The molecule has 1 amide bonds. The van der Waals surface area contributed by atoms with Crippen molar-refractivity contribution in [2.75, 3.05) is 6.54 Å². The summed E-state index contributed by atoms with van der Waals surface area (Å²) < 4.78 is 11.2. The normalized spacial score (nSPS) is 16.1. The molecule has 27 heavy (non-hydrogen) atoms. The second kappa shape index (κ2) is 7.29. The molecule has 4 rings (SSSR count). The molecule has 0 saturated heterocycles. The van der Waals surface area contributed by atoms with Crippen LogP contribution in [-0.4, -0.2) is 22.5 Å². The van der Waals surface area contributed by atoms with E-state index in [4.69, 9.17) is 9.15 Å². The molecule has 0 fully saturated rings. The molecule has 138 valence electrons. The van der Waals surface area contributed by atoms with Crippen molar-refractivity contribution in [2.24, 2.45) is 0 Å². The van der Waals surface area contributed by atoms with Gasteiger partial charge in [0, 0.05) is 6.54 Å². The van der Waals surface area contributed by atoms with Gasteiger partial charge in [-0.15, -0.1) is 0 Å². The molecule has 1 N–H and O–H groups in total. The second-order valence-corrected chi connectivity index (χ2v) is 6.76. The third kappa shape index (κ3) is 3.59. The minimum absolute atomic E-state index is 0.167. The van der Waals surface area contributed by atoms with Gasteiger partial charge < -0.3 is 19.2 Å². The van der Waals surface area contributed by atoms with Crippen molar-refractivity contribution in [3.8, 4) is 5.75 Å². The van der Waals surface area contributed by atoms with Crippen LogP contribution in [0.25, 0.3) is 0 Å². The van der Waals surface area contributed by atoms with Crippen molar-refractivity contribution in [1.29, 1.82) is 0 Å². The summed E-state index contributed by atoms with van der Waals surface area (Å²) in [5.74, 6) is 1.03. The lowest BCUT2D eigenvalue weighted by Crippen LogP contribution is -2.38. The number of furan rings is 1. The number of hydrogen-bond donors (Lipinski definition) is 1. The molecule has 3 aromatic rings. The average Bonchev–Trinajstić information content (AvgIpc) is 3.15. The zero-order valence-corrected chi connectivity index (χ0v) is 15.1. The molecule has 1 aromatic heterocycles. The van der Waals surface area contributed by atoms with Crippen molar-refractivity contribution in [1.82, 2.24) is 4.90 Å². The first-order valence-corrected chi connectivity index (χ1v) is 8.93. The van der Waals surface area contributed by atoms with Gasteiger partial charge in [-0.05, 0) is 36.2 Å². The van der Waals surface area contributed by atoms with Crippen molar-refractivity contribution in [3.05, 3.63) is 88.9 Å². The summed E-state index contributed by atoms with van der Waals surface area (Å²) in [5.41, 5.74) is 3.47. The fourth-order valence-electron chi connectivity index (χ4n) is 3.33. The van der Waals surface area contributed by atoms with E-state index >= 15 is 0 Å². The fraction of sp³-hybridized carbons (Fsp3) is 0.227. The molecule has 0 unspecified atom stereocenters. The van der Waals surface area contributed by atoms with E-state index < -0.39 is 6.10 Å². The van der Waals surface area contributed by atoms with E-state index in [1.807, 2.05) is 55.5 Å².